The smallest absolute Gasteiger partial charge is 0.00263 e. The van der Waals surface area contributed by atoms with Gasteiger partial charge in [-0.2, -0.15) is 0 Å². The number of hydrogen-bond donors (Lipinski definition) is 0. The highest BCUT2D eigenvalue weighted by Crippen LogP contribution is 2.42. The maximum atomic E-state index is 2.47. The molecule has 176 valence electrons. The second kappa shape index (κ2) is 7.43. The van der Waals surface area contributed by atoms with Crippen molar-refractivity contribution in [1.82, 2.24) is 0 Å². The second-order valence-corrected chi connectivity index (χ2v) is 10.9. The topological polar surface area (TPSA) is 0 Å². The first-order chi connectivity index (χ1) is 18.8. The van der Waals surface area contributed by atoms with Gasteiger partial charge in [0.15, 0.2) is 0 Å². The minimum Gasteiger partial charge on any atom is -0.0616 e. The second-order valence-electron chi connectivity index (χ2n) is 10.9. The summed E-state index contributed by atoms with van der Waals surface area (Å²) in [5.74, 6) is 0. The maximum absolute atomic E-state index is 2.47. The van der Waals surface area contributed by atoms with E-state index in [1.165, 1.54) is 86.9 Å². The fourth-order valence-electron chi connectivity index (χ4n) is 7.04. The van der Waals surface area contributed by atoms with E-state index in [0.717, 1.165) is 12.8 Å². The highest BCUT2D eigenvalue weighted by atomic mass is 14.2. The van der Waals surface area contributed by atoms with Gasteiger partial charge in [-0.05, 0) is 136 Å². The van der Waals surface area contributed by atoms with E-state index in [1.54, 1.807) is 0 Å². The van der Waals surface area contributed by atoms with Crippen molar-refractivity contribution >= 4 is 64.6 Å². The van der Waals surface area contributed by atoms with Gasteiger partial charge in [-0.15, -0.1) is 0 Å². The summed E-state index contributed by atoms with van der Waals surface area (Å²) in [6.07, 6.45) is 2.28. The minimum atomic E-state index is 1.13. The summed E-state index contributed by atoms with van der Waals surface area (Å²) in [5, 5.41) is 15.9. The van der Waals surface area contributed by atoms with Gasteiger partial charge in [0.05, 0.1) is 0 Å². The van der Waals surface area contributed by atoms with Crippen molar-refractivity contribution in [3.63, 3.8) is 0 Å². The Hall–Kier alpha value is -4.68. The number of fused-ring (bicyclic) bond motifs is 6. The van der Waals surface area contributed by atoms with Crippen molar-refractivity contribution in [1.29, 1.82) is 0 Å². The molecule has 1 aliphatic carbocycles. The van der Waals surface area contributed by atoms with Gasteiger partial charge in [0, 0.05) is 0 Å². The van der Waals surface area contributed by atoms with Crippen molar-refractivity contribution in [3.8, 4) is 11.1 Å². The molecule has 0 heterocycles. The minimum absolute atomic E-state index is 1.13. The molecule has 0 fully saturated rings. The molecule has 1 aliphatic rings. The van der Waals surface area contributed by atoms with E-state index in [-0.39, 0.29) is 0 Å². The lowest BCUT2D eigenvalue weighted by molar-refractivity contribution is 1.02. The Morgan fingerprint density at radius 1 is 0.342 bits per heavy atom. The van der Waals surface area contributed by atoms with Crippen molar-refractivity contribution in [2.45, 2.75) is 12.8 Å². The molecule has 0 bridgehead atoms. The summed E-state index contributed by atoms with van der Waals surface area (Å²) in [5.41, 5.74) is 5.68. The first-order valence-electron chi connectivity index (χ1n) is 13.6. The number of benzene rings is 8. The maximum Gasteiger partial charge on any atom is -0.00263 e. The Bertz CT molecular complexity index is 2280. The zero-order chi connectivity index (χ0) is 24.8. The Morgan fingerprint density at radius 3 is 1.82 bits per heavy atom. The van der Waals surface area contributed by atoms with Gasteiger partial charge >= 0.3 is 0 Å². The van der Waals surface area contributed by atoms with Crippen LogP contribution in [-0.4, -0.2) is 0 Å². The van der Waals surface area contributed by atoms with Crippen LogP contribution in [0.5, 0.6) is 0 Å². The molecule has 9 rings (SSSR count). The SMILES string of the molecule is c1ccc2cc3c(ccc4cc5cc6ccccc6c(-c6cc7c8c(cccc8c6)CC7)c5cc43)cc2c1. The van der Waals surface area contributed by atoms with Crippen LogP contribution in [0.3, 0.4) is 0 Å². The molecule has 0 amide bonds. The van der Waals surface area contributed by atoms with E-state index >= 15 is 0 Å². The molecule has 0 atom stereocenters. The third-order valence-electron chi connectivity index (χ3n) is 8.78. The first-order valence-corrected chi connectivity index (χ1v) is 13.6. The Balaban J connectivity index is 1.44. The highest BCUT2D eigenvalue weighted by molar-refractivity contribution is 6.21. The zero-order valence-electron chi connectivity index (χ0n) is 21.0. The van der Waals surface area contributed by atoms with Crippen LogP contribution in [0.25, 0.3) is 75.8 Å². The Kier molecular flexibility index (Phi) is 3.99. The normalized spacial score (nSPS) is 13.1. The lowest BCUT2D eigenvalue weighted by Gasteiger charge is -2.16. The molecule has 8 aromatic rings. The number of hydrogen-bond acceptors (Lipinski definition) is 0. The summed E-state index contributed by atoms with van der Waals surface area (Å²) < 4.78 is 0. The highest BCUT2D eigenvalue weighted by Gasteiger charge is 2.18. The molecule has 0 nitrogen and oxygen atoms in total. The summed E-state index contributed by atoms with van der Waals surface area (Å²) in [6, 6.07) is 45.8. The van der Waals surface area contributed by atoms with E-state index < -0.39 is 0 Å². The van der Waals surface area contributed by atoms with E-state index in [2.05, 4.69) is 121 Å². The summed E-state index contributed by atoms with van der Waals surface area (Å²) in [6.45, 7) is 0. The van der Waals surface area contributed by atoms with E-state index in [0.29, 0.717) is 0 Å². The van der Waals surface area contributed by atoms with Gasteiger partial charge in [0.25, 0.3) is 0 Å². The molecule has 0 N–H and O–H groups in total. The molecule has 0 heteroatoms. The number of rotatable bonds is 1. The van der Waals surface area contributed by atoms with Gasteiger partial charge in [-0.3, -0.25) is 0 Å². The molecular formula is C38H24. The molecule has 0 saturated heterocycles. The molecule has 38 heavy (non-hydrogen) atoms. The lowest BCUT2D eigenvalue weighted by atomic mass is 9.88. The fraction of sp³-hybridized carbons (Fsp3) is 0.0526. The zero-order valence-corrected chi connectivity index (χ0v) is 21.0. The fourth-order valence-corrected chi connectivity index (χ4v) is 7.04. The molecular weight excluding hydrogens is 456 g/mol. The average Bonchev–Trinajstić information content (AvgIpc) is 3.38. The monoisotopic (exact) mass is 480 g/mol. The van der Waals surface area contributed by atoms with Gasteiger partial charge in [0.1, 0.15) is 0 Å². The van der Waals surface area contributed by atoms with Gasteiger partial charge < -0.3 is 0 Å². The quantitative estimate of drug-likeness (QED) is 0.162. The van der Waals surface area contributed by atoms with Gasteiger partial charge in [-0.25, -0.2) is 0 Å². The molecule has 0 radical (unpaired) electrons. The molecule has 0 aliphatic heterocycles. The summed E-state index contributed by atoms with van der Waals surface area (Å²) in [7, 11) is 0. The predicted molar refractivity (Wildman–Crippen MR) is 164 cm³/mol. The van der Waals surface area contributed by atoms with Crippen molar-refractivity contribution in [3.05, 3.63) is 132 Å². The van der Waals surface area contributed by atoms with Crippen LogP contribution in [0.1, 0.15) is 11.1 Å². The van der Waals surface area contributed by atoms with E-state index in [4.69, 9.17) is 0 Å². The van der Waals surface area contributed by atoms with Crippen LogP contribution in [0.15, 0.2) is 121 Å². The summed E-state index contributed by atoms with van der Waals surface area (Å²) >= 11 is 0. The van der Waals surface area contributed by atoms with Crippen LogP contribution in [-0.2, 0) is 12.8 Å². The van der Waals surface area contributed by atoms with Crippen LogP contribution in [0.2, 0.25) is 0 Å². The van der Waals surface area contributed by atoms with E-state index in [1.807, 2.05) is 0 Å². The third-order valence-corrected chi connectivity index (χ3v) is 8.78. The molecule has 0 aromatic heterocycles. The van der Waals surface area contributed by atoms with Crippen LogP contribution >= 0.6 is 0 Å². The third kappa shape index (κ3) is 2.80. The predicted octanol–water partition coefficient (Wildman–Crippen LogP) is 10.4. The first kappa shape index (κ1) is 20.4. The Labute approximate surface area is 220 Å². The van der Waals surface area contributed by atoms with Crippen molar-refractivity contribution < 1.29 is 0 Å². The molecule has 0 spiro atoms. The Morgan fingerprint density at radius 2 is 0.974 bits per heavy atom. The number of aryl methyl sites for hydroxylation is 2. The molecule has 0 unspecified atom stereocenters. The van der Waals surface area contributed by atoms with Crippen LogP contribution in [0.4, 0.5) is 0 Å². The summed E-state index contributed by atoms with van der Waals surface area (Å²) in [4.78, 5) is 0. The van der Waals surface area contributed by atoms with Crippen molar-refractivity contribution in [2.75, 3.05) is 0 Å². The van der Waals surface area contributed by atoms with E-state index in [9.17, 15) is 0 Å². The van der Waals surface area contributed by atoms with Gasteiger partial charge in [0.2, 0.25) is 0 Å². The van der Waals surface area contributed by atoms with Crippen LogP contribution < -0.4 is 0 Å². The largest absolute Gasteiger partial charge is 0.0616 e. The standard InChI is InChI=1S/C38H24/c1-2-7-25-21-34-27(16-24(25)6-1)13-14-28-18-31-17-26-8-3-4-11-33(26)38(36(31)22-35(28)34)32-19-29-10-5-9-23-12-15-30(20-32)37(23)29/h1-11,13-14,16-22H,12,15H2. The molecule has 0 saturated carbocycles. The van der Waals surface area contributed by atoms with Crippen molar-refractivity contribution in [2.24, 2.45) is 0 Å². The molecule has 8 aromatic carbocycles. The van der Waals surface area contributed by atoms with Crippen LogP contribution in [0, 0.1) is 0 Å². The van der Waals surface area contributed by atoms with Gasteiger partial charge in [-0.1, -0.05) is 84.9 Å². The average molecular weight is 481 g/mol. The lowest BCUT2D eigenvalue weighted by Crippen LogP contribution is -1.89.